The fourth-order valence-corrected chi connectivity index (χ4v) is 1.52. The molecule has 1 aromatic rings. The van der Waals surface area contributed by atoms with Crippen molar-refractivity contribution in [2.75, 3.05) is 13.1 Å². The van der Waals surface area contributed by atoms with Crippen molar-refractivity contribution < 1.29 is 4.79 Å². The minimum atomic E-state index is -0.230. The van der Waals surface area contributed by atoms with Gasteiger partial charge in [0.05, 0.1) is 5.56 Å². The van der Waals surface area contributed by atoms with Crippen LogP contribution in [0.2, 0.25) is 0 Å². The van der Waals surface area contributed by atoms with Gasteiger partial charge in [-0.2, -0.15) is 0 Å². The van der Waals surface area contributed by atoms with Gasteiger partial charge in [-0.15, -0.1) is 0 Å². The van der Waals surface area contributed by atoms with Crippen LogP contribution in [0.5, 0.6) is 0 Å². The first-order valence-electron chi connectivity index (χ1n) is 5.39. The highest BCUT2D eigenvalue weighted by Crippen LogP contribution is 2.16. The molecule has 0 atom stereocenters. The molecule has 0 saturated heterocycles. The van der Waals surface area contributed by atoms with Gasteiger partial charge in [0.2, 0.25) is 0 Å². The molecule has 1 aromatic heterocycles. The largest absolute Gasteiger partial charge is 0.332 e. The summed E-state index contributed by atoms with van der Waals surface area (Å²) in [6.45, 7) is 7.01. The van der Waals surface area contributed by atoms with Crippen molar-refractivity contribution in [3.8, 4) is 0 Å². The quantitative estimate of drug-likeness (QED) is 0.836. The second kappa shape index (κ2) is 5.07. The molecule has 0 aliphatic rings. The zero-order chi connectivity index (χ0) is 12.2. The summed E-state index contributed by atoms with van der Waals surface area (Å²) in [4.78, 5) is 17.9. The zero-order valence-corrected chi connectivity index (χ0v) is 10.1. The maximum atomic E-state index is 12.2. The second-order valence-electron chi connectivity index (χ2n) is 4.66. The average Bonchev–Trinajstić information content (AvgIpc) is 2.25. The van der Waals surface area contributed by atoms with Gasteiger partial charge in [0.1, 0.15) is 0 Å². The molecule has 0 spiro atoms. The lowest BCUT2D eigenvalue weighted by molar-refractivity contribution is 0.0591. The van der Waals surface area contributed by atoms with Crippen molar-refractivity contribution in [3.05, 3.63) is 30.1 Å². The summed E-state index contributed by atoms with van der Waals surface area (Å²) in [5.74, 6) is -0.0222. The molecule has 1 amide bonds. The Morgan fingerprint density at radius 3 is 2.62 bits per heavy atom. The molecular weight excluding hydrogens is 202 g/mol. The van der Waals surface area contributed by atoms with Gasteiger partial charge in [-0.25, -0.2) is 0 Å². The molecule has 0 bridgehead atoms. The minimum absolute atomic E-state index is 0.0222. The molecule has 88 valence electrons. The number of rotatable bonds is 3. The summed E-state index contributed by atoms with van der Waals surface area (Å²) in [5, 5.41) is 0. The third kappa shape index (κ3) is 3.03. The fourth-order valence-electron chi connectivity index (χ4n) is 1.52. The third-order valence-electron chi connectivity index (χ3n) is 2.32. The van der Waals surface area contributed by atoms with Gasteiger partial charge < -0.3 is 10.6 Å². The smallest absolute Gasteiger partial charge is 0.255 e. The molecular formula is C12H19N3O. The highest BCUT2D eigenvalue weighted by atomic mass is 16.2. The molecule has 4 heteroatoms. The molecule has 1 rings (SSSR count). The van der Waals surface area contributed by atoms with Crippen molar-refractivity contribution in [1.29, 1.82) is 0 Å². The second-order valence-corrected chi connectivity index (χ2v) is 4.66. The Kier molecular flexibility index (Phi) is 4.01. The number of carbonyl (C=O) groups excluding carboxylic acids is 1. The summed E-state index contributed by atoms with van der Waals surface area (Å²) >= 11 is 0. The Hall–Kier alpha value is -1.42. The van der Waals surface area contributed by atoms with E-state index in [2.05, 4.69) is 4.98 Å². The van der Waals surface area contributed by atoms with Crippen LogP contribution in [0.25, 0.3) is 0 Å². The van der Waals surface area contributed by atoms with Crippen molar-refractivity contribution in [2.45, 2.75) is 26.3 Å². The van der Waals surface area contributed by atoms with Crippen LogP contribution in [-0.2, 0) is 0 Å². The van der Waals surface area contributed by atoms with E-state index in [1.165, 1.54) is 0 Å². The van der Waals surface area contributed by atoms with Gasteiger partial charge in [-0.3, -0.25) is 9.78 Å². The number of nitrogens with zero attached hydrogens (tertiary/aromatic N) is 2. The molecule has 4 nitrogen and oxygen atoms in total. The molecule has 0 aliphatic carbocycles. The topological polar surface area (TPSA) is 59.2 Å². The Morgan fingerprint density at radius 1 is 1.50 bits per heavy atom. The van der Waals surface area contributed by atoms with Crippen LogP contribution < -0.4 is 5.73 Å². The van der Waals surface area contributed by atoms with Crippen LogP contribution >= 0.6 is 0 Å². The normalized spacial score (nSPS) is 11.2. The molecule has 2 N–H and O–H groups in total. The Balaban J connectivity index is 2.92. The van der Waals surface area contributed by atoms with Crippen LogP contribution in [0.1, 0.15) is 31.1 Å². The van der Waals surface area contributed by atoms with E-state index in [1.807, 2.05) is 20.8 Å². The summed E-state index contributed by atoms with van der Waals surface area (Å²) in [5.41, 5.74) is 5.91. The van der Waals surface area contributed by atoms with E-state index in [0.717, 1.165) is 0 Å². The summed E-state index contributed by atoms with van der Waals surface area (Å²) < 4.78 is 0. The van der Waals surface area contributed by atoms with Gasteiger partial charge in [0, 0.05) is 31.0 Å². The first-order chi connectivity index (χ1) is 7.46. The lowest BCUT2D eigenvalue weighted by Gasteiger charge is -2.35. The van der Waals surface area contributed by atoms with Crippen LogP contribution in [0.4, 0.5) is 0 Å². The number of carbonyl (C=O) groups is 1. The summed E-state index contributed by atoms with van der Waals surface area (Å²) in [6.07, 6.45) is 3.23. The molecule has 0 fully saturated rings. The van der Waals surface area contributed by atoms with E-state index in [9.17, 15) is 4.79 Å². The molecule has 16 heavy (non-hydrogen) atoms. The Bertz CT molecular complexity index is 343. The SMILES string of the molecule is CC(C)(C)N(CCN)C(=O)c1cccnc1. The van der Waals surface area contributed by atoms with Crippen molar-refractivity contribution in [2.24, 2.45) is 5.73 Å². The van der Waals surface area contributed by atoms with Crippen LogP contribution in [-0.4, -0.2) is 34.4 Å². The maximum absolute atomic E-state index is 12.2. The van der Waals surface area contributed by atoms with Crippen LogP contribution in [0.3, 0.4) is 0 Å². The van der Waals surface area contributed by atoms with E-state index < -0.39 is 0 Å². The maximum Gasteiger partial charge on any atom is 0.255 e. The lowest BCUT2D eigenvalue weighted by atomic mass is 10.0. The van der Waals surface area contributed by atoms with Gasteiger partial charge in [-0.05, 0) is 32.9 Å². The van der Waals surface area contributed by atoms with E-state index in [1.54, 1.807) is 29.4 Å². The number of aromatic nitrogens is 1. The Labute approximate surface area is 96.5 Å². The minimum Gasteiger partial charge on any atom is -0.332 e. The highest BCUT2D eigenvalue weighted by Gasteiger charge is 2.26. The van der Waals surface area contributed by atoms with Gasteiger partial charge in [0.25, 0.3) is 5.91 Å². The van der Waals surface area contributed by atoms with E-state index >= 15 is 0 Å². The number of hydrogen-bond acceptors (Lipinski definition) is 3. The number of pyridine rings is 1. The van der Waals surface area contributed by atoms with Crippen LogP contribution in [0.15, 0.2) is 24.5 Å². The molecule has 0 aromatic carbocycles. The number of amides is 1. The van der Waals surface area contributed by atoms with E-state index in [0.29, 0.717) is 18.7 Å². The molecule has 0 aliphatic heterocycles. The van der Waals surface area contributed by atoms with Crippen molar-refractivity contribution in [1.82, 2.24) is 9.88 Å². The molecule has 1 heterocycles. The zero-order valence-electron chi connectivity index (χ0n) is 10.1. The van der Waals surface area contributed by atoms with Crippen molar-refractivity contribution >= 4 is 5.91 Å². The number of hydrogen-bond donors (Lipinski definition) is 1. The van der Waals surface area contributed by atoms with Crippen molar-refractivity contribution in [3.63, 3.8) is 0 Å². The monoisotopic (exact) mass is 221 g/mol. The van der Waals surface area contributed by atoms with E-state index in [-0.39, 0.29) is 11.4 Å². The molecule has 0 saturated carbocycles. The average molecular weight is 221 g/mol. The molecule has 0 radical (unpaired) electrons. The van der Waals surface area contributed by atoms with Gasteiger partial charge >= 0.3 is 0 Å². The molecule has 0 unspecified atom stereocenters. The van der Waals surface area contributed by atoms with Gasteiger partial charge in [-0.1, -0.05) is 0 Å². The third-order valence-corrected chi connectivity index (χ3v) is 2.32. The first kappa shape index (κ1) is 12.6. The number of nitrogens with two attached hydrogens (primary N) is 1. The predicted octanol–water partition coefficient (Wildman–Crippen LogP) is 1.28. The van der Waals surface area contributed by atoms with E-state index in [4.69, 9.17) is 5.73 Å². The highest BCUT2D eigenvalue weighted by molar-refractivity contribution is 5.94. The lowest BCUT2D eigenvalue weighted by Crippen LogP contribution is -2.48. The van der Waals surface area contributed by atoms with Crippen LogP contribution in [0, 0.1) is 0 Å². The summed E-state index contributed by atoms with van der Waals surface area (Å²) in [7, 11) is 0. The standard InChI is InChI=1S/C12H19N3O/c1-12(2,3)15(8-6-13)11(16)10-5-4-7-14-9-10/h4-5,7,9H,6,8,13H2,1-3H3. The first-order valence-corrected chi connectivity index (χ1v) is 5.39. The fraction of sp³-hybridized carbons (Fsp3) is 0.500. The predicted molar refractivity (Wildman–Crippen MR) is 64.1 cm³/mol. The summed E-state index contributed by atoms with van der Waals surface area (Å²) in [6, 6.07) is 3.53. The Morgan fingerprint density at radius 2 is 2.19 bits per heavy atom. The van der Waals surface area contributed by atoms with Gasteiger partial charge in [0.15, 0.2) is 0 Å².